The summed E-state index contributed by atoms with van der Waals surface area (Å²) in [7, 11) is 0. The number of carbonyl (C=O) groups excluding carboxylic acids is 1. The molecule has 2 rings (SSSR count). The maximum absolute atomic E-state index is 13.7. The Kier molecular flexibility index (Phi) is 4.59. The van der Waals surface area contributed by atoms with Crippen LogP contribution in [0.4, 0.5) is 8.78 Å². The third-order valence-corrected chi connectivity index (χ3v) is 4.20. The van der Waals surface area contributed by atoms with E-state index in [1.54, 1.807) is 9.80 Å². The van der Waals surface area contributed by atoms with Crippen molar-refractivity contribution in [3.63, 3.8) is 0 Å². The molecule has 0 unspecified atom stereocenters. The maximum Gasteiger partial charge on any atom is 0.285 e. The summed E-state index contributed by atoms with van der Waals surface area (Å²) in [6, 6.07) is -0.459. The first-order chi connectivity index (χ1) is 9.60. The third kappa shape index (κ3) is 3.92. The van der Waals surface area contributed by atoms with Crippen LogP contribution in [0.15, 0.2) is 0 Å². The van der Waals surface area contributed by atoms with E-state index in [9.17, 15) is 18.7 Å². The Morgan fingerprint density at radius 2 is 1.95 bits per heavy atom. The number of rotatable bonds is 2. The molecule has 1 amide bonds. The highest BCUT2D eigenvalue weighted by molar-refractivity contribution is 5.82. The topological polar surface area (TPSA) is 43.8 Å². The molecule has 2 heterocycles. The van der Waals surface area contributed by atoms with E-state index in [0.717, 1.165) is 6.42 Å². The minimum atomic E-state index is -3.12. The van der Waals surface area contributed by atoms with Gasteiger partial charge in [-0.2, -0.15) is 0 Å². The molecule has 0 saturated carbocycles. The Bertz CT molecular complexity index is 396. The lowest BCUT2D eigenvalue weighted by Crippen LogP contribution is -2.60. The zero-order valence-corrected chi connectivity index (χ0v) is 13.1. The molecule has 2 saturated heterocycles. The highest BCUT2D eigenvalue weighted by Gasteiger charge is 2.47. The number of likely N-dealkylation sites (tertiary alicyclic amines) is 2. The number of alkyl halides is 2. The van der Waals surface area contributed by atoms with Crippen molar-refractivity contribution >= 4 is 5.91 Å². The summed E-state index contributed by atoms with van der Waals surface area (Å²) in [5.41, 5.74) is -0.000417. The summed E-state index contributed by atoms with van der Waals surface area (Å²) in [5.74, 6) is -3.16. The van der Waals surface area contributed by atoms with E-state index < -0.39 is 24.6 Å². The van der Waals surface area contributed by atoms with Gasteiger partial charge < -0.3 is 10.0 Å². The van der Waals surface area contributed by atoms with Gasteiger partial charge in [-0.3, -0.25) is 9.69 Å². The SMILES string of the molecule is CC(C)(C)CN1CCC[C@H](N2CC[C@H](O)C(F)(F)C2)C1=O. The molecule has 2 atom stereocenters. The molecular weight excluding hydrogens is 278 g/mol. The lowest BCUT2D eigenvalue weighted by atomic mass is 9.92. The van der Waals surface area contributed by atoms with Crippen LogP contribution < -0.4 is 0 Å². The van der Waals surface area contributed by atoms with Crippen LogP contribution in [-0.4, -0.2) is 65.1 Å². The lowest BCUT2D eigenvalue weighted by molar-refractivity contribution is -0.167. The second kappa shape index (κ2) is 5.80. The van der Waals surface area contributed by atoms with Gasteiger partial charge in [0.2, 0.25) is 5.91 Å². The number of halogens is 2. The molecule has 4 nitrogen and oxygen atoms in total. The average molecular weight is 304 g/mol. The molecule has 122 valence electrons. The summed E-state index contributed by atoms with van der Waals surface area (Å²) in [6.07, 6.45) is -0.0862. The molecule has 0 bridgehead atoms. The number of amides is 1. The van der Waals surface area contributed by atoms with Crippen molar-refractivity contribution < 1.29 is 18.7 Å². The smallest absolute Gasteiger partial charge is 0.285 e. The van der Waals surface area contributed by atoms with Crippen molar-refractivity contribution in [1.82, 2.24) is 9.80 Å². The first-order valence-corrected chi connectivity index (χ1v) is 7.69. The maximum atomic E-state index is 13.7. The van der Waals surface area contributed by atoms with Gasteiger partial charge in [0.05, 0.1) is 12.6 Å². The third-order valence-electron chi connectivity index (χ3n) is 4.20. The van der Waals surface area contributed by atoms with E-state index in [-0.39, 0.29) is 17.7 Å². The second-order valence-electron chi connectivity index (χ2n) is 7.51. The molecule has 0 aromatic carbocycles. The van der Waals surface area contributed by atoms with Gasteiger partial charge in [0.1, 0.15) is 6.10 Å². The zero-order chi connectivity index (χ0) is 15.8. The van der Waals surface area contributed by atoms with Crippen LogP contribution in [-0.2, 0) is 4.79 Å². The number of carbonyl (C=O) groups is 1. The molecule has 1 N–H and O–H groups in total. The van der Waals surface area contributed by atoms with E-state index in [0.29, 0.717) is 26.1 Å². The zero-order valence-electron chi connectivity index (χ0n) is 13.1. The number of aliphatic hydroxyl groups excluding tert-OH is 1. The summed E-state index contributed by atoms with van der Waals surface area (Å²) in [6.45, 7) is 7.39. The van der Waals surface area contributed by atoms with E-state index in [1.807, 2.05) is 0 Å². The summed E-state index contributed by atoms with van der Waals surface area (Å²) in [4.78, 5) is 15.9. The van der Waals surface area contributed by atoms with Gasteiger partial charge in [0.25, 0.3) is 5.92 Å². The molecule has 0 aliphatic carbocycles. The minimum absolute atomic E-state index is 0.000417. The normalized spacial score (nSPS) is 31.5. The molecule has 0 spiro atoms. The van der Waals surface area contributed by atoms with Crippen LogP contribution in [0.2, 0.25) is 0 Å². The first kappa shape index (κ1) is 16.6. The predicted molar refractivity (Wildman–Crippen MR) is 76.2 cm³/mol. The van der Waals surface area contributed by atoms with Crippen LogP contribution in [0.1, 0.15) is 40.0 Å². The number of aliphatic hydroxyl groups is 1. The number of hydrogen-bond acceptors (Lipinski definition) is 3. The summed E-state index contributed by atoms with van der Waals surface area (Å²) < 4.78 is 27.4. The van der Waals surface area contributed by atoms with Crippen LogP contribution in [0.5, 0.6) is 0 Å². The van der Waals surface area contributed by atoms with Crippen molar-refractivity contribution in [2.24, 2.45) is 5.41 Å². The van der Waals surface area contributed by atoms with Gasteiger partial charge >= 0.3 is 0 Å². The van der Waals surface area contributed by atoms with E-state index in [2.05, 4.69) is 20.8 Å². The van der Waals surface area contributed by atoms with Crippen LogP contribution >= 0.6 is 0 Å². The Morgan fingerprint density at radius 1 is 1.29 bits per heavy atom. The lowest BCUT2D eigenvalue weighted by Gasteiger charge is -2.44. The molecule has 0 radical (unpaired) electrons. The van der Waals surface area contributed by atoms with Crippen molar-refractivity contribution in [1.29, 1.82) is 0 Å². The number of hydrogen-bond donors (Lipinski definition) is 1. The Hall–Kier alpha value is -0.750. The Labute approximate surface area is 125 Å². The van der Waals surface area contributed by atoms with Crippen LogP contribution in [0, 0.1) is 5.41 Å². The fourth-order valence-corrected chi connectivity index (χ4v) is 3.21. The van der Waals surface area contributed by atoms with Crippen LogP contribution in [0.25, 0.3) is 0 Å². The number of nitrogens with zero attached hydrogens (tertiary/aromatic N) is 2. The van der Waals surface area contributed by atoms with Crippen molar-refractivity contribution in [3.8, 4) is 0 Å². The second-order valence-corrected chi connectivity index (χ2v) is 7.51. The molecule has 0 aromatic rings. The largest absolute Gasteiger partial charge is 0.387 e. The Balaban J connectivity index is 2.04. The molecule has 21 heavy (non-hydrogen) atoms. The predicted octanol–water partition coefficient (Wildman–Crippen LogP) is 1.73. The van der Waals surface area contributed by atoms with Gasteiger partial charge in [0, 0.05) is 19.6 Å². The highest BCUT2D eigenvalue weighted by atomic mass is 19.3. The molecular formula is C15H26F2N2O2. The van der Waals surface area contributed by atoms with Crippen molar-refractivity contribution in [2.45, 2.75) is 58.1 Å². The fourth-order valence-electron chi connectivity index (χ4n) is 3.21. The van der Waals surface area contributed by atoms with Crippen molar-refractivity contribution in [2.75, 3.05) is 26.2 Å². The van der Waals surface area contributed by atoms with Crippen molar-refractivity contribution in [3.05, 3.63) is 0 Å². The van der Waals surface area contributed by atoms with Gasteiger partial charge in [-0.15, -0.1) is 0 Å². The monoisotopic (exact) mass is 304 g/mol. The average Bonchev–Trinajstić information content (AvgIpc) is 2.34. The van der Waals surface area contributed by atoms with E-state index in [1.165, 1.54) is 0 Å². The van der Waals surface area contributed by atoms with Gasteiger partial charge in [-0.1, -0.05) is 20.8 Å². The van der Waals surface area contributed by atoms with Crippen LogP contribution in [0.3, 0.4) is 0 Å². The summed E-state index contributed by atoms with van der Waals surface area (Å²) >= 11 is 0. The van der Waals surface area contributed by atoms with Gasteiger partial charge in [0.15, 0.2) is 0 Å². The standard InChI is InChI=1S/C15H26F2N2O2/c1-14(2,3)9-19-7-4-5-11(13(19)21)18-8-6-12(20)15(16,17)10-18/h11-12,20H,4-10H2,1-3H3/t11-,12-/m0/s1. The number of piperidine rings is 2. The Morgan fingerprint density at radius 3 is 2.52 bits per heavy atom. The first-order valence-electron chi connectivity index (χ1n) is 7.69. The molecule has 6 heteroatoms. The van der Waals surface area contributed by atoms with Gasteiger partial charge in [-0.25, -0.2) is 8.78 Å². The highest BCUT2D eigenvalue weighted by Crippen LogP contribution is 2.31. The minimum Gasteiger partial charge on any atom is -0.387 e. The molecule has 2 aliphatic rings. The summed E-state index contributed by atoms with van der Waals surface area (Å²) in [5, 5.41) is 9.35. The molecule has 2 fully saturated rings. The van der Waals surface area contributed by atoms with Gasteiger partial charge in [-0.05, 0) is 24.7 Å². The molecule has 2 aliphatic heterocycles. The molecule has 0 aromatic heterocycles. The quantitative estimate of drug-likeness (QED) is 0.845. The fraction of sp³-hybridized carbons (Fsp3) is 0.933. The van der Waals surface area contributed by atoms with E-state index in [4.69, 9.17) is 0 Å². The van der Waals surface area contributed by atoms with E-state index >= 15 is 0 Å².